The summed E-state index contributed by atoms with van der Waals surface area (Å²) in [6, 6.07) is 11.6. The van der Waals surface area contributed by atoms with E-state index in [9.17, 15) is 19.7 Å². The lowest BCUT2D eigenvalue weighted by Crippen LogP contribution is -2.16. The number of nitro benzene ring substituents is 1. The van der Waals surface area contributed by atoms with E-state index in [0.29, 0.717) is 10.7 Å². The molecule has 0 aliphatic rings. The van der Waals surface area contributed by atoms with Gasteiger partial charge in [-0.1, -0.05) is 11.6 Å². The van der Waals surface area contributed by atoms with Crippen molar-refractivity contribution in [2.45, 2.75) is 6.42 Å². The van der Waals surface area contributed by atoms with Gasteiger partial charge < -0.3 is 5.32 Å². The Hall–Kier alpha value is -2.73. The van der Waals surface area contributed by atoms with Crippen molar-refractivity contribution < 1.29 is 14.5 Å². The second kappa shape index (κ2) is 6.82. The summed E-state index contributed by atoms with van der Waals surface area (Å²) < 4.78 is 0. The molecule has 0 aliphatic heterocycles. The Morgan fingerprint density at radius 3 is 2.18 bits per heavy atom. The highest BCUT2D eigenvalue weighted by molar-refractivity contribution is 6.30. The highest BCUT2D eigenvalue weighted by Gasteiger charge is 2.13. The number of hydrogen-bond donors (Lipinski definition) is 1. The first kappa shape index (κ1) is 15.7. The smallest absolute Gasteiger partial charge is 0.269 e. The molecular weight excluding hydrogens is 308 g/mol. The fourth-order valence-corrected chi connectivity index (χ4v) is 1.88. The third-order valence-electron chi connectivity index (χ3n) is 2.85. The van der Waals surface area contributed by atoms with Crippen LogP contribution in [0.3, 0.4) is 0 Å². The fraction of sp³-hybridized carbons (Fsp3) is 0.0667. The number of halogens is 1. The van der Waals surface area contributed by atoms with Crippen molar-refractivity contribution >= 4 is 34.7 Å². The van der Waals surface area contributed by atoms with E-state index in [1.165, 1.54) is 24.3 Å². The van der Waals surface area contributed by atoms with Crippen LogP contribution in [0.15, 0.2) is 48.5 Å². The molecule has 0 saturated carbocycles. The van der Waals surface area contributed by atoms with Crippen LogP contribution in [-0.2, 0) is 4.79 Å². The molecule has 2 aromatic rings. The van der Waals surface area contributed by atoms with Gasteiger partial charge in [-0.05, 0) is 36.4 Å². The van der Waals surface area contributed by atoms with E-state index in [2.05, 4.69) is 5.32 Å². The molecular formula is C15H11ClN2O4. The van der Waals surface area contributed by atoms with Crippen molar-refractivity contribution in [1.29, 1.82) is 0 Å². The Morgan fingerprint density at radius 1 is 1.05 bits per heavy atom. The zero-order valence-corrected chi connectivity index (χ0v) is 12.0. The van der Waals surface area contributed by atoms with Crippen molar-refractivity contribution in [2.75, 3.05) is 5.32 Å². The van der Waals surface area contributed by atoms with Crippen LogP contribution in [0.1, 0.15) is 16.8 Å². The number of nitrogens with zero attached hydrogens (tertiary/aromatic N) is 1. The van der Waals surface area contributed by atoms with Gasteiger partial charge in [-0.2, -0.15) is 0 Å². The number of benzene rings is 2. The molecule has 0 spiro atoms. The van der Waals surface area contributed by atoms with E-state index in [1.54, 1.807) is 24.3 Å². The maximum Gasteiger partial charge on any atom is 0.269 e. The first-order chi connectivity index (χ1) is 10.5. The normalized spacial score (nSPS) is 10.0. The van der Waals surface area contributed by atoms with Crippen molar-refractivity contribution in [3.05, 3.63) is 69.2 Å². The molecule has 1 amide bonds. The number of ketones is 1. The SMILES string of the molecule is O=C(CC(=O)c1ccc([N+](=O)[O-])cc1)Nc1ccc(Cl)cc1. The summed E-state index contributed by atoms with van der Waals surface area (Å²) in [7, 11) is 0. The lowest BCUT2D eigenvalue weighted by molar-refractivity contribution is -0.384. The topological polar surface area (TPSA) is 89.3 Å². The summed E-state index contributed by atoms with van der Waals surface area (Å²) in [6.07, 6.45) is -0.347. The first-order valence-corrected chi connectivity index (χ1v) is 6.66. The van der Waals surface area contributed by atoms with Gasteiger partial charge in [0.05, 0.1) is 11.3 Å². The second-order valence-corrected chi connectivity index (χ2v) is 4.90. The van der Waals surface area contributed by atoms with Crippen LogP contribution in [-0.4, -0.2) is 16.6 Å². The summed E-state index contributed by atoms with van der Waals surface area (Å²) in [6.45, 7) is 0. The van der Waals surface area contributed by atoms with Crippen LogP contribution < -0.4 is 5.32 Å². The van der Waals surface area contributed by atoms with Crippen molar-refractivity contribution in [2.24, 2.45) is 0 Å². The Morgan fingerprint density at radius 2 is 1.64 bits per heavy atom. The molecule has 22 heavy (non-hydrogen) atoms. The van der Waals surface area contributed by atoms with E-state index < -0.39 is 16.6 Å². The molecule has 0 bridgehead atoms. The summed E-state index contributed by atoms with van der Waals surface area (Å²) in [5, 5.41) is 13.6. The molecule has 0 heterocycles. The summed E-state index contributed by atoms with van der Waals surface area (Å²) in [5.41, 5.74) is 0.671. The number of amides is 1. The standard InChI is InChI=1S/C15H11ClN2O4/c16-11-3-5-12(6-4-11)17-15(20)9-14(19)10-1-7-13(8-2-10)18(21)22/h1-8H,9H2,(H,17,20). The predicted octanol–water partition coefficient (Wildman–Crippen LogP) is 3.46. The Bertz CT molecular complexity index is 711. The van der Waals surface area contributed by atoms with E-state index in [-0.39, 0.29) is 17.7 Å². The zero-order valence-electron chi connectivity index (χ0n) is 11.3. The monoisotopic (exact) mass is 318 g/mol. The number of rotatable bonds is 5. The molecule has 2 rings (SSSR count). The number of non-ortho nitro benzene ring substituents is 1. The van der Waals surface area contributed by atoms with Crippen LogP contribution in [0.4, 0.5) is 11.4 Å². The van der Waals surface area contributed by atoms with Crippen LogP contribution >= 0.6 is 11.6 Å². The van der Waals surface area contributed by atoms with Gasteiger partial charge in [-0.15, -0.1) is 0 Å². The fourth-order valence-electron chi connectivity index (χ4n) is 1.76. The molecule has 7 heteroatoms. The van der Waals surface area contributed by atoms with Crippen LogP contribution in [0.25, 0.3) is 0 Å². The van der Waals surface area contributed by atoms with Gasteiger partial charge in [0, 0.05) is 28.4 Å². The van der Waals surface area contributed by atoms with Crippen molar-refractivity contribution in [3.8, 4) is 0 Å². The molecule has 112 valence electrons. The predicted molar refractivity (Wildman–Crippen MR) is 82.1 cm³/mol. The Kier molecular flexibility index (Phi) is 4.85. The highest BCUT2D eigenvalue weighted by Crippen LogP contribution is 2.15. The first-order valence-electron chi connectivity index (χ1n) is 6.29. The third kappa shape index (κ3) is 4.13. The molecule has 0 fully saturated rings. The number of hydrogen-bond acceptors (Lipinski definition) is 4. The highest BCUT2D eigenvalue weighted by atomic mass is 35.5. The van der Waals surface area contributed by atoms with E-state index >= 15 is 0 Å². The largest absolute Gasteiger partial charge is 0.326 e. The van der Waals surface area contributed by atoms with Gasteiger partial charge in [-0.25, -0.2) is 0 Å². The molecule has 0 unspecified atom stereocenters. The number of carbonyl (C=O) groups excluding carboxylic acids is 2. The Balaban J connectivity index is 1.97. The second-order valence-electron chi connectivity index (χ2n) is 4.46. The van der Waals surface area contributed by atoms with Crippen LogP contribution in [0.2, 0.25) is 5.02 Å². The number of nitrogens with one attached hydrogen (secondary N) is 1. The molecule has 2 aromatic carbocycles. The van der Waals surface area contributed by atoms with E-state index in [0.717, 1.165) is 0 Å². The number of carbonyl (C=O) groups is 2. The van der Waals surface area contributed by atoms with Gasteiger partial charge in [0.15, 0.2) is 5.78 Å². The minimum atomic E-state index is -0.554. The van der Waals surface area contributed by atoms with Crippen molar-refractivity contribution in [1.82, 2.24) is 0 Å². The van der Waals surface area contributed by atoms with E-state index in [4.69, 9.17) is 11.6 Å². The third-order valence-corrected chi connectivity index (χ3v) is 3.10. The lowest BCUT2D eigenvalue weighted by Gasteiger charge is -2.05. The minimum Gasteiger partial charge on any atom is -0.326 e. The molecule has 0 aliphatic carbocycles. The number of Topliss-reactive ketones (excluding diaryl/α,β-unsaturated/α-hetero) is 1. The van der Waals surface area contributed by atoms with Crippen LogP contribution in [0.5, 0.6) is 0 Å². The van der Waals surface area contributed by atoms with Gasteiger partial charge in [-0.3, -0.25) is 19.7 Å². The number of nitro groups is 1. The molecule has 6 nitrogen and oxygen atoms in total. The van der Waals surface area contributed by atoms with Gasteiger partial charge in [0.2, 0.25) is 5.91 Å². The maximum absolute atomic E-state index is 11.9. The number of anilines is 1. The molecule has 0 saturated heterocycles. The van der Waals surface area contributed by atoms with Crippen molar-refractivity contribution in [3.63, 3.8) is 0 Å². The molecule has 0 atom stereocenters. The molecule has 0 aromatic heterocycles. The average molecular weight is 319 g/mol. The minimum absolute atomic E-state index is 0.109. The summed E-state index contributed by atoms with van der Waals surface area (Å²) in [4.78, 5) is 33.7. The summed E-state index contributed by atoms with van der Waals surface area (Å²) >= 11 is 5.73. The van der Waals surface area contributed by atoms with Crippen LogP contribution in [0, 0.1) is 10.1 Å². The lowest BCUT2D eigenvalue weighted by atomic mass is 10.1. The average Bonchev–Trinajstić information content (AvgIpc) is 2.49. The van der Waals surface area contributed by atoms with Gasteiger partial charge >= 0.3 is 0 Å². The van der Waals surface area contributed by atoms with Gasteiger partial charge in [0.25, 0.3) is 5.69 Å². The quantitative estimate of drug-likeness (QED) is 0.395. The van der Waals surface area contributed by atoms with E-state index in [1.807, 2.05) is 0 Å². The summed E-state index contributed by atoms with van der Waals surface area (Å²) in [5.74, 6) is -0.882. The molecule has 1 N–H and O–H groups in total. The molecule has 0 radical (unpaired) electrons. The van der Waals surface area contributed by atoms with Gasteiger partial charge in [0.1, 0.15) is 0 Å². The maximum atomic E-state index is 11.9. The Labute approximate surface area is 130 Å². The zero-order chi connectivity index (χ0) is 16.1.